The molecular weight excluding hydrogens is 537 g/mol. The predicted molar refractivity (Wildman–Crippen MR) is 178 cm³/mol. The molecule has 0 fully saturated rings. The average molecular weight is 565 g/mol. The third kappa shape index (κ3) is 2.75. The van der Waals surface area contributed by atoms with E-state index >= 15 is 0 Å². The van der Waals surface area contributed by atoms with Gasteiger partial charge in [-0.1, -0.05) is 0 Å². The molecule has 0 aliphatic carbocycles. The Morgan fingerprint density at radius 2 is 0.553 bits per heavy atom. The van der Waals surface area contributed by atoms with Crippen LogP contribution in [0.1, 0.15) is 41.8 Å². The van der Waals surface area contributed by atoms with E-state index in [0.717, 1.165) is 0 Å². The molecule has 0 amide bonds. The highest BCUT2D eigenvalue weighted by Gasteiger charge is 2.22. The van der Waals surface area contributed by atoms with E-state index in [-0.39, 0.29) is 0 Å². The number of rotatable bonds is 0. The standard InChI is InChI=1S/C34H28S4/c1-13-17(5)35-31-27(13)23-9-21-11-25-26(12-22(21)10-24(23)28-14(2)18(6)36-32(28)31)30-16(4)20(8)38-34(30)33-29(25)15(3)19(7)37-33/h9-12H,1-8H3. The minimum absolute atomic E-state index is 1.35. The van der Waals surface area contributed by atoms with Gasteiger partial charge in [0.2, 0.25) is 0 Å². The summed E-state index contributed by atoms with van der Waals surface area (Å²) in [5, 5.41) is 14.2. The van der Waals surface area contributed by atoms with E-state index in [9.17, 15) is 0 Å². The fraction of sp³-hybridized carbons (Fsp3) is 0.235. The zero-order valence-corrected chi connectivity index (χ0v) is 26.2. The van der Waals surface area contributed by atoms with Gasteiger partial charge in [-0.15, -0.1) is 45.3 Å². The molecule has 0 unspecified atom stereocenters. The lowest BCUT2D eigenvalue weighted by molar-refractivity contribution is 1.47. The Morgan fingerprint density at radius 3 is 0.763 bits per heavy atom. The maximum absolute atomic E-state index is 2.51. The van der Waals surface area contributed by atoms with E-state index in [4.69, 9.17) is 0 Å². The Hall–Kier alpha value is -2.50. The minimum atomic E-state index is 1.35. The molecule has 188 valence electrons. The van der Waals surface area contributed by atoms with Crippen molar-refractivity contribution in [1.82, 2.24) is 0 Å². The van der Waals surface area contributed by atoms with Crippen LogP contribution in [0, 0.1) is 55.4 Å². The average Bonchev–Trinajstić information content (AvgIpc) is 3.56. The van der Waals surface area contributed by atoms with Crippen LogP contribution in [0.15, 0.2) is 24.3 Å². The fourth-order valence-corrected chi connectivity index (χ4v) is 11.6. The lowest BCUT2D eigenvalue weighted by atomic mass is 9.91. The van der Waals surface area contributed by atoms with Gasteiger partial charge in [0.1, 0.15) is 0 Å². The van der Waals surface area contributed by atoms with Crippen molar-refractivity contribution in [1.29, 1.82) is 0 Å². The van der Waals surface area contributed by atoms with Crippen LogP contribution in [0.4, 0.5) is 0 Å². The summed E-state index contributed by atoms with van der Waals surface area (Å²) in [5.74, 6) is 0. The second kappa shape index (κ2) is 7.57. The first-order valence-corrected chi connectivity index (χ1v) is 16.5. The normalized spacial score (nSPS) is 12.7. The third-order valence-electron chi connectivity index (χ3n) is 9.14. The molecule has 0 aliphatic heterocycles. The van der Waals surface area contributed by atoms with Crippen LogP contribution in [0.25, 0.3) is 72.7 Å². The summed E-state index contributed by atoms with van der Waals surface area (Å²) in [4.78, 5) is 5.75. The van der Waals surface area contributed by atoms with Crippen molar-refractivity contribution in [3.63, 3.8) is 0 Å². The predicted octanol–water partition coefficient (Wildman–Crippen LogP) is 12.5. The topological polar surface area (TPSA) is 0 Å². The summed E-state index contributed by atoms with van der Waals surface area (Å²) in [7, 11) is 0. The lowest BCUT2D eigenvalue weighted by Gasteiger charge is -2.12. The summed E-state index contributed by atoms with van der Waals surface area (Å²) in [5.41, 5.74) is 5.77. The van der Waals surface area contributed by atoms with Crippen LogP contribution in [0.2, 0.25) is 0 Å². The molecule has 0 atom stereocenters. The quantitative estimate of drug-likeness (QED) is 0.161. The van der Waals surface area contributed by atoms with Gasteiger partial charge >= 0.3 is 0 Å². The Balaban J connectivity index is 1.66. The van der Waals surface area contributed by atoms with Gasteiger partial charge in [0.25, 0.3) is 0 Å². The first-order valence-electron chi connectivity index (χ1n) is 13.2. The van der Waals surface area contributed by atoms with E-state index in [1.54, 1.807) is 0 Å². The van der Waals surface area contributed by atoms with Crippen molar-refractivity contribution >= 4 is 118 Å². The first kappa shape index (κ1) is 23.4. The van der Waals surface area contributed by atoms with Gasteiger partial charge in [-0.2, -0.15) is 0 Å². The molecule has 0 aliphatic rings. The summed E-state index contributed by atoms with van der Waals surface area (Å²) in [6.45, 7) is 18.4. The molecule has 0 radical (unpaired) electrons. The van der Waals surface area contributed by atoms with Crippen molar-refractivity contribution < 1.29 is 0 Å². The highest BCUT2D eigenvalue weighted by Crippen LogP contribution is 2.50. The Labute approximate surface area is 238 Å². The summed E-state index contributed by atoms with van der Waals surface area (Å²) in [6.07, 6.45) is 0. The number of fused-ring (bicyclic) bond motifs is 13. The zero-order chi connectivity index (χ0) is 26.4. The highest BCUT2D eigenvalue weighted by atomic mass is 32.1. The van der Waals surface area contributed by atoms with Gasteiger partial charge in [-0.25, -0.2) is 0 Å². The molecule has 4 heteroatoms. The number of thiophene rings is 4. The Morgan fingerprint density at radius 1 is 0.342 bits per heavy atom. The first-order chi connectivity index (χ1) is 18.2. The maximum Gasteiger partial charge on any atom is 0.0533 e. The minimum Gasteiger partial charge on any atom is -0.139 e. The van der Waals surface area contributed by atoms with Gasteiger partial charge in [0, 0.05) is 41.1 Å². The number of aryl methyl sites for hydroxylation is 8. The summed E-state index contributed by atoms with van der Waals surface area (Å²) >= 11 is 7.91. The molecule has 4 heterocycles. The molecule has 8 aromatic rings. The second-order valence-corrected chi connectivity index (χ2v) is 16.0. The smallest absolute Gasteiger partial charge is 0.0533 e. The van der Waals surface area contributed by atoms with Gasteiger partial charge in [0.15, 0.2) is 0 Å². The van der Waals surface area contributed by atoms with Crippen LogP contribution in [-0.4, -0.2) is 0 Å². The SMILES string of the molecule is Cc1sc2c3sc(C)c(C)c3c3cc4cc5c(cc4cc3c2c1C)c1c(C)c(C)sc1c1sc(C)c(C)c51. The number of benzene rings is 4. The molecule has 8 rings (SSSR count). The second-order valence-electron chi connectivity index (χ2n) is 11.1. The molecule has 0 spiro atoms. The van der Waals surface area contributed by atoms with E-state index in [1.807, 2.05) is 45.3 Å². The monoisotopic (exact) mass is 564 g/mol. The molecule has 4 aromatic heterocycles. The van der Waals surface area contributed by atoms with E-state index in [1.165, 1.54) is 114 Å². The van der Waals surface area contributed by atoms with E-state index < -0.39 is 0 Å². The number of hydrogen-bond acceptors (Lipinski definition) is 4. The lowest BCUT2D eigenvalue weighted by Crippen LogP contribution is -1.85. The summed E-state index contributed by atoms with van der Waals surface area (Å²) in [6, 6.07) is 10.0. The van der Waals surface area contributed by atoms with Crippen LogP contribution in [0.3, 0.4) is 0 Å². The van der Waals surface area contributed by atoms with Crippen molar-refractivity contribution in [2.45, 2.75) is 55.4 Å². The molecule has 0 N–H and O–H groups in total. The van der Waals surface area contributed by atoms with E-state index in [0.29, 0.717) is 0 Å². The van der Waals surface area contributed by atoms with Gasteiger partial charge in [-0.3, -0.25) is 0 Å². The molecule has 0 saturated heterocycles. The van der Waals surface area contributed by atoms with Crippen molar-refractivity contribution in [3.05, 3.63) is 66.0 Å². The molecular formula is C34H28S4. The van der Waals surface area contributed by atoms with Crippen LogP contribution in [-0.2, 0) is 0 Å². The van der Waals surface area contributed by atoms with Crippen molar-refractivity contribution in [2.24, 2.45) is 0 Å². The van der Waals surface area contributed by atoms with Gasteiger partial charge < -0.3 is 0 Å². The molecule has 0 nitrogen and oxygen atoms in total. The Bertz CT molecular complexity index is 2030. The van der Waals surface area contributed by atoms with Crippen LogP contribution >= 0.6 is 45.3 Å². The maximum atomic E-state index is 2.51. The fourth-order valence-electron chi connectivity index (χ4n) is 6.62. The van der Waals surface area contributed by atoms with Gasteiger partial charge in [-0.05, 0) is 134 Å². The largest absolute Gasteiger partial charge is 0.139 e. The molecule has 0 bridgehead atoms. The third-order valence-corrected chi connectivity index (χ3v) is 14.3. The number of hydrogen-bond donors (Lipinski definition) is 0. The van der Waals surface area contributed by atoms with E-state index in [2.05, 4.69) is 79.7 Å². The zero-order valence-electron chi connectivity index (χ0n) is 22.9. The Kier molecular flexibility index (Phi) is 4.66. The van der Waals surface area contributed by atoms with Crippen molar-refractivity contribution in [3.8, 4) is 0 Å². The highest BCUT2D eigenvalue weighted by molar-refractivity contribution is 7.28. The van der Waals surface area contributed by atoms with Crippen LogP contribution < -0.4 is 0 Å². The molecule has 0 saturated carbocycles. The van der Waals surface area contributed by atoms with Crippen LogP contribution in [0.5, 0.6) is 0 Å². The van der Waals surface area contributed by atoms with Crippen molar-refractivity contribution in [2.75, 3.05) is 0 Å². The van der Waals surface area contributed by atoms with Gasteiger partial charge in [0.05, 0.1) is 18.8 Å². The molecule has 4 aromatic carbocycles. The molecule has 38 heavy (non-hydrogen) atoms. The summed E-state index contributed by atoms with van der Waals surface area (Å²) < 4.78 is 5.89.